The monoisotopic (exact) mass is 549 g/mol. The van der Waals surface area contributed by atoms with Crippen LogP contribution in [-0.2, 0) is 11.4 Å². The number of halogens is 3. The van der Waals surface area contributed by atoms with Gasteiger partial charge in [0.05, 0.1) is 17.2 Å². The third-order valence-electron chi connectivity index (χ3n) is 5.50. The number of nitrogens with zero attached hydrogens (tertiary/aromatic N) is 2. The molecule has 0 radical (unpaired) electrons. The lowest BCUT2D eigenvalue weighted by Crippen LogP contribution is -2.21. The van der Waals surface area contributed by atoms with Crippen molar-refractivity contribution in [2.75, 3.05) is 0 Å². The summed E-state index contributed by atoms with van der Waals surface area (Å²) in [6, 6.07) is 28.2. The number of benzene rings is 3. The van der Waals surface area contributed by atoms with Crippen molar-refractivity contribution < 1.29 is 32.5 Å². The van der Waals surface area contributed by atoms with Gasteiger partial charge in [-0.1, -0.05) is 60.7 Å². The van der Waals surface area contributed by atoms with Crippen LogP contribution in [0.3, 0.4) is 0 Å². The Bertz CT molecular complexity index is 1570. The molecule has 2 aromatic heterocycles. The smallest absolute Gasteiger partial charge is 0.490 e. The van der Waals surface area contributed by atoms with E-state index < -0.39 is 12.1 Å². The molecule has 0 unspecified atom stereocenters. The van der Waals surface area contributed by atoms with Gasteiger partial charge in [-0.15, -0.1) is 0 Å². The Morgan fingerprint density at radius 2 is 1.60 bits per heavy atom. The van der Waals surface area contributed by atoms with E-state index >= 15 is 0 Å². The summed E-state index contributed by atoms with van der Waals surface area (Å²) in [4.78, 5) is 21.6. The van der Waals surface area contributed by atoms with Crippen molar-refractivity contribution >= 4 is 17.1 Å². The number of ether oxygens (including phenoxy) is 2. The second-order valence-corrected chi connectivity index (χ2v) is 8.95. The Kier molecular flexibility index (Phi) is 8.68. The van der Waals surface area contributed by atoms with E-state index in [2.05, 4.69) is 28.2 Å². The van der Waals surface area contributed by atoms with E-state index in [4.69, 9.17) is 24.4 Å². The largest absolute Gasteiger partial charge is 0.490 e. The molecule has 0 aliphatic rings. The lowest BCUT2D eigenvalue weighted by atomic mass is 10.1. The van der Waals surface area contributed by atoms with Crippen molar-refractivity contribution in [2.24, 2.45) is 0 Å². The molecule has 0 aliphatic heterocycles. The Balaban J connectivity index is 0.000000470. The third-order valence-corrected chi connectivity index (χ3v) is 5.50. The second-order valence-electron chi connectivity index (χ2n) is 8.95. The first-order valence-electron chi connectivity index (χ1n) is 12.3. The molecule has 0 bridgehead atoms. The van der Waals surface area contributed by atoms with Gasteiger partial charge in [-0.3, -0.25) is 0 Å². The van der Waals surface area contributed by atoms with Gasteiger partial charge in [0.1, 0.15) is 23.9 Å². The van der Waals surface area contributed by atoms with Crippen LogP contribution in [0.4, 0.5) is 13.2 Å². The number of aromatic nitrogens is 3. The zero-order chi connectivity index (χ0) is 28.7. The van der Waals surface area contributed by atoms with Gasteiger partial charge in [-0.05, 0) is 49.2 Å². The molecule has 0 amide bonds. The predicted octanol–water partition coefficient (Wildman–Crippen LogP) is 7.29. The van der Waals surface area contributed by atoms with Crippen molar-refractivity contribution in [3.8, 4) is 34.0 Å². The number of pyridine rings is 1. The number of aromatic amines is 1. The van der Waals surface area contributed by atoms with Gasteiger partial charge in [-0.25, -0.2) is 14.8 Å². The maximum absolute atomic E-state index is 10.6. The molecule has 7 nitrogen and oxygen atoms in total. The minimum Gasteiger partial charge on any atom is -0.490 e. The van der Waals surface area contributed by atoms with Gasteiger partial charge in [0.25, 0.3) is 0 Å². The number of carboxylic acids is 1. The Morgan fingerprint density at radius 1 is 0.950 bits per heavy atom. The van der Waals surface area contributed by atoms with Crippen LogP contribution in [0.5, 0.6) is 11.5 Å². The van der Waals surface area contributed by atoms with Gasteiger partial charge in [-0.2, -0.15) is 13.2 Å². The molecule has 3 aromatic carbocycles. The molecule has 5 rings (SSSR count). The van der Waals surface area contributed by atoms with Crippen LogP contribution >= 0.6 is 0 Å². The van der Waals surface area contributed by atoms with Crippen LogP contribution in [0.2, 0.25) is 0 Å². The van der Waals surface area contributed by atoms with Crippen LogP contribution in [0.1, 0.15) is 19.4 Å². The van der Waals surface area contributed by atoms with E-state index in [9.17, 15) is 13.2 Å². The van der Waals surface area contributed by atoms with E-state index in [1.54, 1.807) is 0 Å². The van der Waals surface area contributed by atoms with E-state index in [1.807, 2.05) is 86.8 Å². The van der Waals surface area contributed by atoms with E-state index in [0.29, 0.717) is 18.1 Å². The summed E-state index contributed by atoms with van der Waals surface area (Å²) in [5.74, 6) is -0.557. The maximum Gasteiger partial charge on any atom is 0.490 e. The van der Waals surface area contributed by atoms with Crippen LogP contribution in [0, 0.1) is 0 Å². The van der Waals surface area contributed by atoms with Crippen LogP contribution < -0.4 is 9.47 Å². The number of rotatable bonds is 7. The van der Waals surface area contributed by atoms with Crippen molar-refractivity contribution in [1.82, 2.24) is 15.0 Å². The highest BCUT2D eigenvalue weighted by atomic mass is 19.4. The molecular weight excluding hydrogens is 523 g/mol. The number of carbonyl (C=O) groups is 1. The summed E-state index contributed by atoms with van der Waals surface area (Å²) in [7, 11) is 0. The molecule has 0 spiro atoms. The molecule has 0 fully saturated rings. The van der Waals surface area contributed by atoms with Crippen LogP contribution in [0.15, 0.2) is 91.1 Å². The van der Waals surface area contributed by atoms with Crippen molar-refractivity contribution in [3.63, 3.8) is 0 Å². The Morgan fingerprint density at radius 3 is 2.23 bits per heavy atom. The lowest BCUT2D eigenvalue weighted by molar-refractivity contribution is -0.192. The zero-order valence-corrected chi connectivity index (χ0v) is 21.6. The van der Waals surface area contributed by atoms with Crippen molar-refractivity contribution in [3.05, 3.63) is 96.7 Å². The molecule has 0 saturated carbocycles. The number of hydrogen-bond donors (Lipinski definition) is 2. The molecule has 2 N–H and O–H groups in total. The third kappa shape index (κ3) is 7.37. The first-order chi connectivity index (χ1) is 19.1. The number of alkyl halides is 3. The van der Waals surface area contributed by atoms with Gasteiger partial charge < -0.3 is 19.6 Å². The van der Waals surface area contributed by atoms with Crippen molar-refractivity contribution in [2.45, 2.75) is 32.7 Å². The molecule has 0 atom stereocenters. The number of imidazole rings is 1. The molecule has 0 aliphatic carbocycles. The molecule has 206 valence electrons. The van der Waals surface area contributed by atoms with Gasteiger partial charge in [0.2, 0.25) is 0 Å². The zero-order valence-electron chi connectivity index (χ0n) is 21.6. The number of hydrogen-bond acceptors (Lipinski definition) is 5. The molecular formula is C30H26F3N3O4. The normalized spacial score (nSPS) is 11.2. The summed E-state index contributed by atoms with van der Waals surface area (Å²) < 4.78 is 43.9. The van der Waals surface area contributed by atoms with Crippen LogP contribution in [0.25, 0.3) is 33.7 Å². The van der Waals surface area contributed by atoms with Gasteiger partial charge in [0, 0.05) is 11.8 Å². The fourth-order valence-electron chi connectivity index (χ4n) is 3.70. The number of H-pyrrole nitrogens is 1. The number of fused-ring (bicyclic) bond motifs is 1. The lowest BCUT2D eigenvalue weighted by Gasteiger charge is -2.15. The summed E-state index contributed by atoms with van der Waals surface area (Å²) >= 11 is 0. The van der Waals surface area contributed by atoms with E-state index in [-0.39, 0.29) is 6.10 Å². The molecule has 0 saturated heterocycles. The minimum absolute atomic E-state index is 0.0343. The fourth-order valence-corrected chi connectivity index (χ4v) is 3.70. The first-order valence-corrected chi connectivity index (χ1v) is 12.3. The predicted molar refractivity (Wildman–Crippen MR) is 145 cm³/mol. The Hall–Kier alpha value is -4.86. The number of nitrogens with one attached hydrogen (secondary N) is 1. The highest BCUT2D eigenvalue weighted by molar-refractivity contribution is 5.82. The minimum atomic E-state index is -5.08. The second kappa shape index (κ2) is 12.3. The molecule has 5 aromatic rings. The average Bonchev–Trinajstić information content (AvgIpc) is 3.36. The summed E-state index contributed by atoms with van der Waals surface area (Å²) in [5.41, 5.74) is 5.64. The molecule has 40 heavy (non-hydrogen) atoms. The fraction of sp³-hybridized carbons (Fsp3) is 0.167. The van der Waals surface area contributed by atoms with Crippen LogP contribution in [-0.4, -0.2) is 38.3 Å². The molecule has 2 heterocycles. The van der Waals surface area contributed by atoms with E-state index in [0.717, 1.165) is 39.3 Å². The Labute approximate surface area is 228 Å². The quantitative estimate of drug-likeness (QED) is 0.221. The SMILES string of the molecule is CC(C)Oc1ccc(OCc2ccccc2)cc1-c1nc2ncc(-c3ccccc3)cc2[nH]1.O=C(O)C(F)(F)F. The van der Waals surface area contributed by atoms with Crippen molar-refractivity contribution in [1.29, 1.82) is 0 Å². The highest BCUT2D eigenvalue weighted by Crippen LogP contribution is 2.34. The topological polar surface area (TPSA) is 97.3 Å². The van der Waals surface area contributed by atoms with E-state index in [1.165, 1.54) is 0 Å². The standard InChI is InChI=1S/C28H25N3O2.C2HF3O2/c1-19(2)33-26-14-13-23(32-18-20-9-5-3-6-10-20)16-24(26)27-30-25-15-22(17-29-28(25)31-27)21-11-7-4-8-12-21;3-2(4,5)1(6)7/h3-17,19H,18H2,1-2H3,(H,29,30,31);(H,6,7). The maximum atomic E-state index is 10.6. The molecule has 10 heteroatoms. The number of carboxylic acid groups (broad SMARTS) is 1. The first kappa shape index (κ1) is 28.2. The summed E-state index contributed by atoms with van der Waals surface area (Å²) in [6.45, 7) is 4.51. The highest BCUT2D eigenvalue weighted by Gasteiger charge is 2.38. The average molecular weight is 550 g/mol. The van der Waals surface area contributed by atoms with Gasteiger partial charge >= 0.3 is 12.1 Å². The summed E-state index contributed by atoms with van der Waals surface area (Å²) in [5, 5.41) is 7.12. The summed E-state index contributed by atoms with van der Waals surface area (Å²) in [6.07, 6.45) is -3.19. The van der Waals surface area contributed by atoms with Gasteiger partial charge in [0.15, 0.2) is 5.65 Å². The number of aliphatic carboxylic acids is 1.